The van der Waals surface area contributed by atoms with Gasteiger partial charge in [0.2, 0.25) is 0 Å². The highest BCUT2D eigenvalue weighted by molar-refractivity contribution is 6.33. The lowest BCUT2D eigenvalue weighted by Gasteiger charge is -2.28. The first-order chi connectivity index (χ1) is 9.54. The monoisotopic (exact) mass is 294 g/mol. The van der Waals surface area contributed by atoms with Gasteiger partial charge >= 0.3 is 5.97 Å². The van der Waals surface area contributed by atoms with Gasteiger partial charge in [0.25, 0.3) is 0 Å². The van der Waals surface area contributed by atoms with Crippen LogP contribution < -0.4 is 4.90 Å². The third-order valence-corrected chi connectivity index (χ3v) is 5.10. The summed E-state index contributed by atoms with van der Waals surface area (Å²) in [5, 5.41) is 9.34. The molecule has 5 heteroatoms. The highest BCUT2D eigenvalue weighted by Crippen LogP contribution is 2.48. The van der Waals surface area contributed by atoms with E-state index in [4.69, 9.17) is 16.7 Å². The van der Waals surface area contributed by atoms with Crippen LogP contribution in [0.2, 0.25) is 5.02 Å². The number of carboxylic acids is 1. The summed E-state index contributed by atoms with van der Waals surface area (Å²) in [6.45, 7) is 0.959. The Labute approximate surface area is 123 Å². The summed E-state index contributed by atoms with van der Waals surface area (Å²) in [6, 6.07) is 1.48. The smallest absolute Gasteiger partial charge is 0.337 e. The van der Waals surface area contributed by atoms with Gasteiger partial charge in [-0.1, -0.05) is 18.0 Å². The van der Waals surface area contributed by atoms with Gasteiger partial charge in [-0.05, 0) is 43.1 Å². The number of aromatic nitrogens is 1. The number of anilines is 1. The van der Waals surface area contributed by atoms with Gasteiger partial charge in [-0.15, -0.1) is 0 Å². The van der Waals surface area contributed by atoms with E-state index < -0.39 is 5.97 Å². The molecule has 3 rings (SSSR count). The van der Waals surface area contributed by atoms with Crippen molar-refractivity contribution in [1.29, 1.82) is 0 Å². The average molecular weight is 295 g/mol. The highest BCUT2D eigenvalue weighted by atomic mass is 35.5. The molecular weight excluding hydrogens is 276 g/mol. The van der Waals surface area contributed by atoms with Gasteiger partial charge in [-0.2, -0.15) is 0 Å². The number of hydrogen-bond donors (Lipinski definition) is 1. The third kappa shape index (κ3) is 2.49. The molecule has 108 valence electrons. The lowest BCUT2D eigenvalue weighted by Crippen LogP contribution is -2.29. The van der Waals surface area contributed by atoms with Crippen molar-refractivity contribution in [2.24, 2.45) is 17.8 Å². The molecule has 4 nitrogen and oxygen atoms in total. The van der Waals surface area contributed by atoms with Crippen LogP contribution in [-0.4, -0.2) is 29.7 Å². The molecule has 2 saturated carbocycles. The van der Waals surface area contributed by atoms with Gasteiger partial charge in [0, 0.05) is 19.8 Å². The van der Waals surface area contributed by atoms with E-state index in [-0.39, 0.29) is 5.56 Å². The average Bonchev–Trinajstić information content (AvgIpc) is 3.00. The second-order valence-corrected chi connectivity index (χ2v) is 6.56. The Balaban J connectivity index is 1.71. The lowest BCUT2D eigenvalue weighted by atomic mass is 9.88. The normalized spacial score (nSPS) is 27.8. The van der Waals surface area contributed by atoms with Crippen molar-refractivity contribution in [1.82, 2.24) is 4.98 Å². The van der Waals surface area contributed by atoms with E-state index >= 15 is 0 Å². The molecule has 3 atom stereocenters. The van der Waals surface area contributed by atoms with Crippen molar-refractivity contribution in [3.05, 3.63) is 22.8 Å². The zero-order valence-corrected chi connectivity index (χ0v) is 12.3. The summed E-state index contributed by atoms with van der Waals surface area (Å²) in [7, 11) is 1.99. The number of halogens is 1. The van der Waals surface area contributed by atoms with Crippen molar-refractivity contribution < 1.29 is 9.90 Å². The topological polar surface area (TPSA) is 53.4 Å². The molecule has 2 bridgehead atoms. The highest BCUT2D eigenvalue weighted by Gasteiger charge is 2.39. The van der Waals surface area contributed by atoms with Crippen LogP contribution in [-0.2, 0) is 0 Å². The molecule has 2 aliphatic rings. The number of carboxylic acid groups (broad SMARTS) is 1. The van der Waals surface area contributed by atoms with Crippen molar-refractivity contribution in [2.75, 3.05) is 18.5 Å². The summed E-state index contributed by atoms with van der Waals surface area (Å²) in [5.74, 6) is 2.20. The van der Waals surface area contributed by atoms with Crippen molar-refractivity contribution in [3.8, 4) is 0 Å². The van der Waals surface area contributed by atoms with E-state index in [9.17, 15) is 4.79 Å². The quantitative estimate of drug-likeness (QED) is 0.925. The summed E-state index contributed by atoms with van der Waals surface area (Å²) >= 11 is 6.17. The van der Waals surface area contributed by atoms with Crippen LogP contribution in [0.1, 0.15) is 36.0 Å². The Morgan fingerprint density at radius 1 is 1.50 bits per heavy atom. The summed E-state index contributed by atoms with van der Waals surface area (Å²) in [6.07, 6.45) is 6.85. The lowest BCUT2D eigenvalue weighted by molar-refractivity contribution is 0.0696. The zero-order valence-electron chi connectivity index (χ0n) is 11.6. The fourth-order valence-electron chi connectivity index (χ4n) is 3.87. The first kappa shape index (κ1) is 13.7. The maximum atomic E-state index is 10.9. The molecule has 0 amide bonds. The molecule has 0 aliphatic heterocycles. The molecule has 0 aromatic carbocycles. The van der Waals surface area contributed by atoms with E-state index in [1.165, 1.54) is 37.9 Å². The summed E-state index contributed by atoms with van der Waals surface area (Å²) < 4.78 is 0. The van der Waals surface area contributed by atoms with E-state index in [0.29, 0.717) is 10.8 Å². The molecule has 20 heavy (non-hydrogen) atoms. The SMILES string of the molecule is CN(CC1CC2CCC1C2)c1ncc(C(=O)O)cc1Cl. The molecule has 0 spiro atoms. The van der Waals surface area contributed by atoms with Gasteiger partial charge in [0.1, 0.15) is 5.82 Å². The summed E-state index contributed by atoms with van der Waals surface area (Å²) in [4.78, 5) is 17.2. The number of nitrogens with zero attached hydrogens (tertiary/aromatic N) is 2. The molecule has 1 aromatic rings. The number of rotatable bonds is 4. The minimum absolute atomic E-state index is 0.132. The number of pyridine rings is 1. The minimum Gasteiger partial charge on any atom is -0.478 e. The van der Waals surface area contributed by atoms with Crippen LogP contribution in [0, 0.1) is 17.8 Å². The Morgan fingerprint density at radius 2 is 2.30 bits per heavy atom. The van der Waals surface area contributed by atoms with Crippen molar-refractivity contribution in [2.45, 2.75) is 25.7 Å². The largest absolute Gasteiger partial charge is 0.478 e. The molecule has 2 aliphatic carbocycles. The molecule has 1 aromatic heterocycles. The number of aromatic carboxylic acids is 1. The number of hydrogen-bond acceptors (Lipinski definition) is 3. The third-order valence-electron chi connectivity index (χ3n) is 4.82. The van der Waals surface area contributed by atoms with Crippen molar-refractivity contribution >= 4 is 23.4 Å². The molecule has 0 saturated heterocycles. The molecule has 0 radical (unpaired) electrons. The maximum Gasteiger partial charge on any atom is 0.337 e. The van der Waals surface area contributed by atoms with E-state index in [1.807, 2.05) is 7.05 Å². The minimum atomic E-state index is -0.998. The number of carbonyl (C=O) groups is 1. The fraction of sp³-hybridized carbons (Fsp3) is 0.600. The van der Waals surface area contributed by atoms with Crippen LogP contribution in [0.25, 0.3) is 0 Å². The first-order valence-corrected chi connectivity index (χ1v) is 7.52. The second kappa shape index (κ2) is 5.24. The maximum absolute atomic E-state index is 10.9. The van der Waals surface area contributed by atoms with E-state index in [1.54, 1.807) is 0 Å². The predicted molar refractivity (Wildman–Crippen MR) is 78.4 cm³/mol. The van der Waals surface area contributed by atoms with Gasteiger partial charge < -0.3 is 10.0 Å². The standard InChI is InChI=1S/C15H19ClN2O2/c1-18(8-12-5-9-2-3-10(12)4-9)14-13(16)6-11(7-17-14)15(19)20/h6-7,9-10,12H,2-5,8H2,1H3,(H,19,20). The van der Waals surface area contributed by atoms with Gasteiger partial charge in [0.15, 0.2) is 0 Å². The molecule has 3 unspecified atom stereocenters. The van der Waals surface area contributed by atoms with Crippen molar-refractivity contribution in [3.63, 3.8) is 0 Å². The fourth-order valence-corrected chi connectivity index (χ4v) is 4.18. The van der Waals surface area contributed by atoms with Gasteiger partial charge in [-0.3, -0.25) is 0 Å². The number of fused-ring (bicyclic) bond motifs is 2. The molecule has 2 fully saturated rings. The van der Waals surface area contributed by atoms with Crippen LogP contribution in [0.15, 0.2) is 12.3 Å². The summed E-state index contributed by atoms with van der Waals surface area (Å²) in [5.41, 5.74) is 0.132. The van der Waals surface area contributed by atoms with Gasteiger partial charge in [0.05, 0.1) is 10.6 Å². The van der Waals surface area contributed by atoms with Crippen LogP contribution in [0.3, 0.4) is 0 Å². The molecule has 1 heterocycles. The molecular formula is C15H19ClN2O2. The molecule has 1 N–H and O–H groups in total. The van der Waals surface area contributed by atoms with Gasteiger partial charge in [-0.25, -0.2) is 9.78 Å². The van der Waals surface area contributed by atoms with Crippen LogP contribution in [0.5, 0.6) is 0 Å². The predicted octanol–water partition coefficient (Wildman–Crippen LogP) is 3.31. The zero-order chi connectivity index (χ0) is 14.3. The van der Waals surface area contributed by atoms with Crippen LogP contribution in [0.4, 0.5) is 5.82 Å². The Kier molecular flexibility index (Phi) is 3.59. The Hall–Kier alpha value is -1.29. The first-order valence-electron chi connectivity index (χ1n) is 7.14. The Morgan fingerprint density at radius 3 is 2.85 bits per heavy atom. The van der Waals surface area contributed by atoms with E-state index in [2.05, 4.69) is 9.88 Å². The Bertz CT molecular complexity index is 535. The van der Waals surface area contributed by atoms with E-state index in [0.717, 1.165) is 24.3 Å². The second-order valence-electron chi connectivity index (χ2n) is 6.15. The van der Waals surface area contributed by atoms with Crippen LogP contribution >= 0.6 is 11.6 Å².